The van der Waals surface area contributed by atoms with Gasteiger partial charge in [0.2, 0.25) is 5.96 Å². The van der Waals surface area contributed by atoms with Crippen molar-refractivity contribution in [3.05, 3.63) is 29.3 Å². The van der Waals surface area contributed by atoms with Crippen molar-refractivity contribution < 1.29 is 41.8 Å². The van der Waals surface area contributed by atoms with E-state index in [1.54, 1.807) is 57.4 Å². The lowest BCUT2D eigenvalue weighted by Gasteiger charge is -2.37. The van der Waals surface area contributed by atoms with Crippen molar-refractivity contribution in [2.24, 2.45) is 10.7 Å². The molecule has 1 aromatic rings. The van der Waals surface area contributed by atoms with Gasteiger partial charge in [0, 0.05) is 39.3 Å². The van der Waals surface area contributed by atoms with E-state index in [9.17, 15) is 27.6 Å². The standard InChI is InChI=1S/C31H49F3N6O6/c1-29(2,3)45-27(42)36-14-8-16-39(17-9-15-37-28(43)46-30(4,5)6)26(38-25(41)31(32,33)34)40-18-12-22-20-24(44-19-7-13-35)11-10-23(22)21-40/h10-11,20H,7-9,12-19,21,35H2,1-6H3,(H,36,42)(H,37,43). The van der Waals surface area contributed by atoms with Crippen LogP contribution in [0.2, 0.25) is 0 Å². The summed E-state index contributed by atoms with van der Waals surface area (Å²) in [5, 5.41) is 5.28. The number of halogens is 3. The molecule has 0 atom stereocenters. The fourth-order valence-electron chi connectivity index (χ4n) is 4.42. The fraction of sp³-hybridized carbons (Fsp3) is 0.677. The number of nitrogens with zero attached hydrogens (tertiary/aromatic N) is 3. The Kier molecular flexibility index (Phi) is 14.4. The maximum atomic E-state index is 13.5. The average Bonchev–Trinajstić information content (AvgIpc) is 2.92. The third-order valence-electron chi connectivity index (χ3n) is 6.36. The minimum Gasteiger partial charge on any atom is -0.494 e. The van der Waals surface area contributed by atoms with E-state index in [1.165, 1.54) is 0 Å². The second-order valence-corrected chi connectivity index (χ2v) is 12.9. The highest BCUT2D eigenvalue weighted by molar-refractivity contribution is 5.95. The number of nitrogens with two attached hydrogens (primary N) is 1. The number of alkyl carbamates (subject to hydrolysis) is 2. The van der Waals surface area contributed by atoms with Crippen molar-refractivity contribution >= 4 is 24.1 Å². The van der Waals surface area contributed by atoms with Gasteiger partial charge in [-0.3, -0.25) is 4.79 Å². The number of carbonyl (C=O) groups excluding carboxylic acids is 3. The van der Waals surface area contributed by atoms with Gasteiger partial charge in [0.25, 0.3) is 0 Å². The van der Waals surface area contributed by atoms with Crippen LogP contribution in [0, 0.1) is 0 Å². The molecule has 12 nitrogen and oxygen atoms in total. The van der Waals surface area contributed by atoms with Gasteiger partial charge in [-0.25, -0.2) is 9.59 Å². The molecule has 4 N–H and O–H groups in total. The number of alkyl halides is 3. The SMILES string of the molecule is CC(C)(C)OC(=O)NCCCN(CCCNC(=O)OC(C)(C)C)C(=NC(=O)C(F)(F)F)N1CCc2cc(OCCCN)ccc2C1. The number of carbonyl (C=O) groups is 3. The van der Waals surface area contributed by atoms with Gasteiger partial charge in [-0.05, 0) is 97.0 Å². The molecular weight excluding hydrogens is 609 g/mol. The van der Waals surface area contributed by atoms with Gasteiger partial charge in [0.15, 0.2) is 0 Å². The highest BCUT2D eigenvalue weighted by atomic mass is 19.4. The Balaban J connectivity index is 2.27. The van der Waals surface area contributed by atoms with Gasteiger partial charge in [0.1, 0.15) is 17.0 Å². The highest BCUT2D eigenvalue weighted by Gasteiger charge is 2.40. The Bertz CT molecular complexity index is 1160. The van der Waals surface area contributed by atoms with Crippen LogP contribution in [0.15, 0.2) is 23.2 Å². The van der Waals surface area contributed by atoms with Gasteiger partial charge < -0.3 is 40.4 Å². The molecule has 2 rings (SSSR count). The van der Waals surface area contributed by atoms with Gasteiger partial charge >= 0.3 is 24.3 Å². The number of benzene rings is 1. The van der Waals surface area contributed by atoms with Gasteiger partial charge in [-0.1, -0.05) is 6.07 Å². The minimum absolute atomic E-state index is 0.134. The van der Waals surface area contributed by atoms with Crippen LogP contribution in [0.4, 0.5) is 22.8 Å². The van der Waals surface area contributed by atoms with E-state index in [0.717, 1.165) is 11.1 Å². The van der Waals surface area contributed by atoms with E-state index < -0.39 is 35.5 Å². The van der Waals surface area contributed by atoms with Gasteiger partial charge in [-0.2, -0.15) is 18.2 Å². The smallest absolute Gasteiger partial charge is 0.473 e. The summed E-state index contributed by atoms with van der Waals surface area (Å²) in [6.07, 6.45) is -4.61. The summed E-state index contributed by atoms with van der Waals surface area (Å²) in [6.45, 7) is 12.5. The van der Waals surface area contributed by atoms with Crippen molar-refractivity contribution in [2.45, 2.75) is 91.1 Å². The molecule has 260 valence electrons. The molecular formula is C31H49F3N6O6. The van der Waals surface area contributed by atoms with Crippen LogP contribution in [0.25, 0.3) is 0 Å². The number of nitrogens with one attached hydrogen (secondary N) is 2. The van der Waals surface area contributed by atoms with Crippen LogP contribution in [-0.2, 0) is 27.2 Å². The Morgan fingerprint density at radius 2 is 1.48 bits per heavy atom. The normalized spacial score (nSPS) is 13.9. The van der Waals surface area contributed by atoms with Crippen LogP contribution in [0.3, 0.4) is 0 Å². The zero-order valence-corrected chi connectivity index (χ0v) is 27.7. The molecule has 0 aromatic heterocycles. The summed E-state index contributed by atoms with van der Waals surface area (Å²) in [5.41, 5.74) is 5.99. The first-order valence-electron chi connectivity index (χ1n) is 15.5. The van der Waals surface area contributed by atoms with Crippen LogP contribution >= 0.6 is 0 Å². The molecule has 1 aliphatic rings. The molecule has 0 fully saturated rings. The van der Waals surface area contributed by atoms with Crippen molar-refractivity contribution in [3.8, 4) is 5.75 Å². The average molecular weight is 659 g/mol. The van der Waals surface area contributed by atoms with Crippen molar-refractivity contribution in [1.82, 2.24) is 20.4 Å². The minimum atomic E-state index is -5.17. The number of hydrogen-bond donors (Lipinski definition) is 3. The molecule has 1 aromatic carbocycles. The van der Waals surface area contributed by atoms with Gasteiger partial charge in [-0.15, -0.1) is 0 Å². The van der Waals surface area contributed by atoms with E-state index in [2.05, 4.69) is 15.6 Å². The predicted octanol–water partition coefficient (Wildman–Crippen LogP) is 4.35. The molecule has 3 amide bonds. The number of ether oxygens (including phenoxy) is 3. The van der Waals surface area contributed by atoms with Crippen LogP contribution in [-0.4, -0.2) is 97.1 Å². The van der Waals surface area contributed by atoms with E-state index >= 15 is 0 Å². The molecule has 0 aliphatic carbocycles. The third kappa shape index (κ3) is 14.6. The second kappa shape index (κ2) is 17.2. The molecule has 0 bridgehead atoms. The number of guanidine groups is 1. The molecule has 0 spiro atoms. The highest BCUT2D eigenvalue weighted by Crippen LogP contribution is 2.26. The molecule has 15 heteroatoms. The molecule has 46 heavy (non-hydrogen) atoms. The fourth-order valence-corrected chi connectivity index (χ4v) is 4.42. The monoisotopic (exact) mass is 658 g/mol. The molecule has 0 unspecified atom stereocenters. The van der Waals surface area contributed by atoms with Gasteiger partial charge in [0.05, 0.1) is 6.61 Å². The number of amides is 3. The maximum absolute atomic E-state index is 13.5. The number of aliphatic imine (C=N–C) groups is 1. The first-order valence-corrected chi connectivity index (χ1v) is 15.5. The molecule has 1 heterocycles. The Morgan fingerprint density at radius 3 is 1.98 bits per heavy atom. The van der Waals surface area contributed by atoms with E-state index in [0.29, 0.717) is 51.1 Å². The zero-order chi connectivity index (χ0) is 34.5. The second-order valence-electron chi connectivity index (χ2n) is 12.9. The zero-order valence-electron chi connectivity index (χ0n) is 27.7. The van der Waals surface area contributed by atoms with E-state index in [4.69, 9.17) is 19.9 Å². The topological polar surface area (TPSA) is 148 Å². The summed E-state index contributed by atoms with van der Waals surface area (Å²) in [7, 11) is 0. The summed E-state index contributed by atoms with van der Waals surface area (Å²) in [4.78, 5) is 43.2. The maximum Gasteiger partial charge on any atom is 0.473 e. The lowest BCUT2D eigenvalue weighted by atomic mass is 9.99. The van der Waals surface area contributed by atoms with Crippen LogP contribution in [0.5, 0.6) is 5.75 Å². The quantitative estimate of drug-likeness (QED) is 0.169. The van der Waals surface area contributed by atoms with E-state index in [-0.39, 0.29) is 38.7 Å². The first kappa shape index (κ1) is 38.4. The Morgan fingerprint density at radius 1 is 0.913 bits per heavy atom. The number of hydrogen-bond acceptors (Lipinski definition) is 7. The van der Waals surface area contributed by atoms with E-state index in [1.807, 2.05) is 12.1 Å². The molecule has 0 saturated heterocycles. The summed E-state index contributed by atoms with van der Waals surface area (Å²) in [6, 6.07) is 5.55. The molecule has 1 aliphatic heterocycles. The largest absolute Gasteiger partial charge is 0.494 e. The third-order valence-corrected chi connectivity index (χ3v) is 6.36. The number of fused-ring (bicyclic) bond motifs is 1. The summed E-state index contributed by atoms with van der Waals surface area (Å²) in [5.74, 6) is -1.68. The Labute approximate surface area is 269 Å². The van der Waals surface area contributed by atoms with Crippen molar-refractivity contribution in [2.75, 3.05) is 45.9 Å². The summed E-state index contributed by atoms with van der Waals surface area (Å²) >= 11 is 0. The number of rotatable bonds is 12. The Hall–Kier alpha value is -3.75. The lowest BCUT2D eigenvalue weighted by Crippen LogP contribution is -2.49. The first-order chi connectivity index (χ1) is 21.4. The van der Waals surface area contributed by atoms with Crippen molar-refractivity contribution in [1.29, 1.82) is 0 Å². The molecule has 0 radical (unpaired) electrons. The van der Waals surface area contributed by atoms with Crippen LogP contribution < -0.4 is 21.1 Å². The van der Waals surface area contributed by atoms with Crippen molar-refractivity contribution in [3.63, 3.8) is 0 Å². The summed E-state index contributed by atoms with van der Waals surface area (Å²) < 4.78 is 56.7. The molecule has 0 saturated carbocycles. The lowest BCUT2D eigenvalue weighted by molar-refractivity contribution is -0.169. The predicted molar refractivity (Wildman–Crippen MR) is 167 cm³/mol. The van der Waals surface area contributed by atoms with Crippen LogP contribution in [0.1, 0.15) is 71.9 Å².